The third-order valence-electron chi connectivity index (χ3n) is 3.39. The number of aryl methyl sites for hydroxylation is 1. The molecule has 4 nitrogen and oxygen atoms in total. The monoisotopic (exact) mass is 236 g/mol. The molecule has 0 aromatic heterocycles. The number of hydrogen-bond donors (Lipinski definition) is 2. The zero-order chi connectivity index (χ0) is 12.3. The second-order valence-corrected chi connectivity index (χ2v) is 4.61. The Labute approximate surface area is 102 Å². The van der Waals surface area contributed by atoms with Crippen LogP contribution in [0.2, 0.25) is 0 Å². The van der Waals surface area contributed by atoms with Gasteiger partial charge in [-0.15, -0.1) is 0 Å². The van der Waals surface area contributed by atoms with Crippen LogP contribution in [-0.2, 0) is 9.47 Å². The summed E-state index contributed by atoms with van der Waals surface area (Å²) in [6.07, 6.45) is 0.928. The van der Waals surface area contributed by atoms with E-state index < -0.39 is 0 Å². The van der Waals surface area contributed by atoms with Crippen molar-refractivity contribution in [3.63, 3.8) is 0 Å². The molecule has 1 aliphatic heterocycles. The number of nitrogens with two attached hydrogens (primary N) is 1. The molecule has 0 saturated carbocycles. The van der Waals surface area contributed by atoms with Gasteiger partial charge < -0.3 is 20.5 Å². The van der Waals surface area contributed by atoms with Crippen LogP contribution in [0.4, 0.5) is 11.4 Å². The van der Waals surface area contributed by atoms with Gasteiger partial charge in [-0.25, -0.2) is 0 Å². The molecule has 0 aliphatic carbocycles. The second kappa shape index (κ2) is 4.94. The number of benzene rings is 1. The Bertz CT molecular complexity index is 387. The summed E-state index contributed by atoms with van der Waals surface area (Å²) < 4.78 is 10.9. The van der Waals surface area contributed by atoms with Gasteiger partial charge in [-0.2, -0.15) is 0 Å². The maximum absolute atomic E-state index is 5.87. The lowest BCUT2D eigenvalue weighted by molar-refractivity contribution is -0.00619. The summed E-state index contributed by atoms with van der Waals surface area (Å²) in [5.41, 5.74) is 8.61. The Balaban J connectivity index is 1.99. The molecule has 0 amide bonds. The quantitative estimate of drug-likeness (QED) is 0.783. The molecule has 1 aliphatic rings. The lowest BCUT2D eigenvalue weighted by Gasteiger charge is -2.26. The molecular formula is C13H20N2O2. The summed E-state index contributed by atoms with van der Waals surface area (Å²) in [5, 5.41) is 3.36. The SMILES string of the molecule is COC1(CNc2ccc(C)c(N)c2)CCOC1. The molecular weight excluding hydrogens is 216 g/mol. The minimum Gasteiger partial charge on any atom is -0.398 e. The number of anilines is 2. The van der Waals surface area contributed by atoms with Crippen LogP contribution >= 0.6 is 0 Å². The number of nitrogen functional groups attached to an aromatic ring is 1. The molecule has 3 N–H and O–H groups in total. The number of methoxy groups -OCH3 is 1. The van der Waals surface area contributed by atoms with Crippen molar-refractivity contribution < 1.29 is 9.47 Å². The van der Waals surface area contributed by atoms with Crippen LogP contribution in [0, 0.1) is 6.92 Å². The van der Waals surface area contributed by atoms with Gasteiger partial charge >= 0.3 is 0 Å². The molecule has 1 unspecified atom stereocenters. The van der Waals surface area contributed by atoms with Crippen molar-refractivity contribution in [2.24, 2.45) is 0 Å². The highest BCUT2D eigenvalue weighted by molar-refractivity contribution is 5.58. The van der Waals surface area contributed by atoms with E-state index in [4.69, 9.17) is 15.2 Å². The van der Waals surface area contributed by atoms with Gasteiger partial charge in [0.05, 0.1) is 6.61 Å². The standard InChI is InChI=1S/C13H20N2O2/c1-10-3-4-11(7-12(10)14)15-8-13(16-2)5-6-17-9-13/h3-4,7,15H,5-6,8-9,14H2,1-2H3. The molecule has 0 spiro atoms. The lowest BCUT2D eigenvalue weighted by Crippen LogP contribution is -2.39. The fraction of sp³-hybridized carbons (Fsp3) is 0.538. The van der Waals surface area contributed by atoms with Crippen molar-refractivity contribution in [1.82, 2.24) is 0 Å². The maximum Gasteiger partial charge on any atom is 0.110 e. The van der Waals surface area contributed by atoms with Gasteiger partial charge in [0.2, 0.25) is 0 Å². The van der Waals surface area contributed by atoms with Gasteiger partial charge in [0.15, 0.2) is 0 Å². The molecule has 1 saturated heterocycles. The van der Waals surface area contributed by atoms with Crippen molar-refractivity contribution in [2.75, 3.05) is 37.9 Å². The summed E-state index contributed by atoms with van der Waals surface area (Å²) in [6.45, 7) is 4.16. The molecule has 17 heavy (non-hydrogen) atoms. The second-order valence-electron chi connectivity index (χ2n) is 4.61. The zero-order valence-corrected chi connectivity index (χ0v) is 10.5. The van der Waals surface area contributed by atoms with E-state index in [0.717, 1.165) is 36.5 Å². The van der Waals surface area contributed by atoms with Crippen molar-refractivity contribution >= 4 is 11.4 Å². The maximum atomic E-state index is 5.87. The summed E-state index contributed by atoms with van der Waals surface area (Å²) in [6, 6.07) is 6.00. The van der Waals surface area contributed by atoms with Crippen LogP contribution in [0.3, 0.4) is 0 Å². The molecule has 4 heteroatoms. The molecule has 94 valence electrons. The van der Waals surface area contributed by atoms with Gasteiger partial charge in [-0.05, 0) is 24.6 Å². The lowest BCUT2D eigenvalue weighted by atomic mass is 10.0. The smallest absolute Gasteiger partial charge is 0.110 e. The van der Waals surface area contributed by atoms with Crippen LogP contribution < -0.4 is 11.1 Å². The number of rotatable bonds is 4. The zero-order valence-electron chi connectivity index (χ0n) is 10.5. The van der Waals surface area contributed by atoms with Gasteiger partial charge in [-0.3, -0.25) is 0 Å². The van der Waals surface area contributed by atoms with Crippen LogP contribution in [0.5, 0.6) is 0 Å². The molecule has 1 heterocycles. The molecule has 1 aromatic rings. The Hall–Kier alpha value is -1.26. The Kier molecular flexibility index (Phi) is 3.54. The molecule has 0 bridgehead atoms. The number of hydrogen-bond acceptors (Lipinski definition) is 4. The predicted molar refractivity (Wildman–Crippen MR) is 69.3 cm³/mol. The summed E-state index contributed by atoms with van der Waals surface area (Å²) in [7, 11) is 1.74. The van der Waals surface area contributed by atoms with Gasteiger partial charge in [0, 0.05) is 38.1 Å². The van der Waals surface area contributed by atoms with E-state index in [1.807, 2.05) is 25.1 Å². The highest BCUT2D eigenvalue weighted by Crippen LogP contribution is 2.24. The fourth-order valence-electron chi connectivity index (χ4n) is 1.97. The van der Waals surface area contributed by atoms with E-state index in [1.54, 1.807) is 7.11 Å². The van der Waals surface area contributed by atoms with Crippen LogP contribution in [0.15, 0.2) is 18.2 Å². The topological polar surface area (TPSA) is 56.5 Å². The van der Waals surface area contributed by atoms with Crippen LogP contribution in [-0.4, -0.2) is 32.5 Å². The largest absolute Gasteiger partial charge is 0.398 e. The van der Waals surface area contributed by atoms with Crippen molar-refractivity contribution in [3.05, 3.63) is 23.8 Å². The molecule has 1 aromatic carbocycles. The molecule has 2 rings (SSSR count). The fourth-order valence-corrected chi connectivity index (χ4v) is 1.97. The van der Waals surface area contributed by atoms with Crippen LogP contribution in [0.1, 0.15) is 12.0 Å². The van der Waals surface area contributed by atoms with Crippen molar-refractivity contribution in [1.29, 1.82) is 0 Å². The predicted octanol–water partition coefficient (Wildman–Crippen LogP) is 1.79. The minimum absolute atomic E-state index is 0.195. The van der Waals surface area contributed by atoms with Crippen LogP contribution in [0.25, 0.3) is 0 Å². The van der Waals surface area contributed by atoms with Gasteiger partial charge in [-0.1, -0.05) is 6.07 Å². The van der Waals surface area contributed by atoms with E-state index in [1.165, 1.54) is 0 Å². The highest BCUT2D eigenvalue weighted by Gasteiger charge is 2.34. The van der Waals surface area contributed by atoms with Gasteiger partial charge in [0.1, 0.15) is 5.60 Å². The summed E-state index contributed by atoms with van der Waals surface area (Å²) in [5.74, 6) is 0. The van der Waals surface area contributed by atoms with E-state index in [-0.39, 0.29) is 5.60 Å². The van der Waals surface area contributed by atoms with E-state index >= 15 is 0 Å². The first-order chi connectivity index (χ1) is 8.15. The Morgan fingerprint density at radius 2 is 2.35 bits per heavy atom. The minimum atomic E-state index is -0.195. The van der Waals surface area contributed by atoms with E-state index in [2.05, 4.69) is 5.32 Å². The first-order valence-corrected chi connectivity index (χ1v) is 5.88. The Morgan fingerprint density at radius 1 is 1.53 bits per heavy atom. The molecule has 1 atom stereocenters. The number of ether oxygens (including phenoxy) is 2. The molecule has 0 radical (unpaired) electrons. The summed E-state index contributed by atoms with van der Waals surface area (Å²) >= 11 is 0. The summed E-state index contributed by atoms with van der Waals surface area (Å²) in [4.78, 5) is 0. The molecule has 1 fully saturated rings. The normalized spacial score (nSPS) is 23.9. The number of nitrogens with one attached hydrogen (secondary N) is 1. The average Bonchev–Trinajstić information content (AvgIpc) is 2.80. The van der Waals surface area contributed by atoms with Gasteiger partial charge in [0.25, 0.3) is 0 Å². The van der Waals surface area contributed by atoms with E-state index in [0.29, 0.717) is 6.61 Å². The first-order valence-electron chi connectivity index (χ1n) is 5.88. The van der Waals surface area contributed by atoms with E-state index in [9.17, 15) is 0 Å². The third-order valence-corrected chi connectivity index (χ3v) is 3.39. The average molecular weight is 236 g/mol. The van der Waals surface area contributed by atoms with Crippen molar-refractivity contribution in [3.8, 4) is 0 Å². The first kappa shape index (κ1) is 12.2. The Morgan fingerprint density at radius 3 is 2.94 bits per heavy atom. The van der Waals surface area contributed by atoms with Crippen molar-refractivity contribution in [2.45, 2.75) is 18.9 Å². The highest BCUT2D eigenvalue weighted by atomic mass is 16.5. The third kappa shape index (κ3) is 2.70.